The van der Waals surface area contributed by atoms with Gasteiger partial charge in [-0.1, -0.05) is 0 Å². The Kier molecular flexibility index (Phi) is 4.92. The topological polar surface area (TPSA) is 49.9 Å². The third-order valence-electron chi connectivity index (χ3n) is 5.38. The number of fused-ring (bicyclic) bond motifs is 1. The molecule has 0 unspecified atom stereocenters. The first-order chi connectivity index (χ1) is 11.8. The minimum atomic E-state index is -2.88. The minimum absolute atomic E-state index is 0.0302. The van der Waals surface area contributed by atoms with Crippen LogP contribution in [0.15, 0.2) is 24.3 Å². The molecule has 1 saturated carbocycles. The van der Waals surface area contributed by atoms with Crippen LogP contribution in [0.4, 0.5) is 8.78 Å². The predicted octanol–water partition coefficient (Wildman–Crippen LogP) is 2.62. The molecule has 1 saturated heterocycles. The number of nitrogens with zero attached hydrogens (tertiary/aromatic N) is 2. The molecule has 1 aliphatic carbocycles. The summed E-state index contributed by atoms with van der Waals surface area (Å²) < 4.78 is 28.7. The van der Waals surface area contributed by atoms with Gasteiger partial charge in [0, 0.05) is 38.7 Å². The van der Waals surface area contributed by atoms with Crippen LogP contribution >= 0.6 is 0 Å². The lowest BCUT2D eigenvalue weighted by Crippen LogP contribution is -2.39. The summed E-state index contributed by atoms with van der Waals surface area (Å²) in [5.74, 6) is 0.829. The van der Waals surface area contributed by atoms with Gasteiger partial charge in [0.05, 0.1) is 0 Å². The Balaban J connectivity index is 1.64. The number of piperidine rings is 1. The maximum atomic E-state index is 12.7. The highest BCUT2D eigenvalue weighted by Crippen LogP contribution is 2.40. The Morgan fingerprint density at radius 1 is 1.24 bits per heavy atom. The van der Waals surface area contributed by atoms with Crippen molar-refractivity contribution < 1.29 is 23.1 Å². The lowest BCUT2D eigenvalue weighted by Gasteiger charge is -2.31. The zero-order valence-electron chi connectivity index (χ0n) is 14.3. The third-order valence-corrected chi connectivity index (χ3v) is 5.38. The van der Waals surface area contributed by atoms with Crippen LogP contribution in [0.5, 0.6) is 5.75 Å². The molecule has 2 aliphatic rings. The van der Waals surface area contributed by atoms with Crippen LogP contribution < -0.4 is 4.74 Å². The lowest BCUT2D eigenvalue weighted by atomic mass is 9.88. The molecule has 136 valence electrons. The van der Waals surface area contributed by atoms with Crippen molar-refractivity contribution in [3.8, 4) is 5.75 Å². The summed E-state index contributed by atoms with van der Waals surface area (Å²) in [6, 6.07) is 5.83. The van der Waals surface area contributed by atoms with Crippen LogP contribution in [0.25, 0.3) is 0 Å². The molecule has 0 radical (unpaired) electrons. The quantitative estimate of drug-likeness (QED) is 0.837. The number of carbonyl (C=O) groups is 2. The molecule has 1 aliphatic heterocycles. The number of carbonyl (C=O) groups excluding carboxylic acids is 2. The summed E-state index contributed by atoms with van der Waals surface area (Å²) in [5.41, 5.74) is 0.437. The first kappa shape index (κ1) is 17.6. The summed E-state index contributed by atoms with van der Waals surface area (Å²) in [4.78, 5) is 28.0. The van der Waals surface area contributed by atoms with Crippen molar-refractivity contribution in [3.05, 3.63) is 29.8 Å². The van der Waals surface area contributed by atoms with Gasteiger partial charge in [-0.3, -0.25) is 9.59 Å². The molecule has 7 heteroatoms. The first-order valence-corrected chi connectivity index (χ1v) is 8.41. The van der Waals surface area contributed by atoms with Crippen molar-refractivity contribution in [2.45, 2.75) is 31.9 Å². The molecule has 0 aromatic heterocycles. The summed E-state index contributed by atoms with van der Waals surface area (Å²) in [6.07, 6.45) is 2.27. The zero-order chi connectivity index (χ0) is 18.1. The maximum absolute atomic E-state index is 12.7. The third kappa shape index (κ3) is 3.75. The Morgan fingerprint density at radius 2 is 1.88 bits per heavy atom. The van der Waals surface area contributed by atoms with E-state index in [0.717, 1.165) is 19.4 Å². The second-order valence-corrected chi connectivity index (χ2v) is 6.94. The Bertz CT molecular complexity index is 650. The summed E-state index contributed by atoms with van der Waals surface area (Å²) in [7, 11) is 3.59. The molecular weight excluding hydrogens is 330 g/mol. The molecule has 0 bridgehead atoms. The smallest absolute Gasteiger partial charge is 0.387 e. The summed E-state index contributed by atoms with van der Waals surface area (Å²) in [5, 5.41) is 0. The van der Waals surface area contributed by atoms with Crippen molar-refractivity contribution in [1.82, 2.24) is 9.80 Å². The molecule has 2 fully saturated rings. The van der Waals surface area contributed by atoms with Gasteiger partial charge in [-0.25, -0.2) is 0 Å². The van der Waals surface area contributed by atoms with Crippen molar-refractivity contribution >= 4 is 11.8 Å². The molecule has 3 atom stereocenters. The Hall–Kier alpha value is -2.18. The van der Waals surface area contributed by atoms with E-state index in [1.807, 2.05) is 7.05 Å². The molecule has 2 amide bonds. The lowest BCUT2D eigenvalue weighted by molar-refractivity contribution is -0.134. The van der Waals surface area contributed by atoms with Gasteiger partial charge in [0.1, 0.15) is 5.75 Å². The highest BCUT2D eigenvalue weighted by Gasteiger charge is 2.42. The van der Waals surface area contributed by atoms with Gasteiger partial charge >= 0.3 is 6.61 Å². The molecule has 5 nitrogen and oxygen atoms in total. The monoisotopic (exact) mass is 352 g/mol. The van der Waals surface area contributed by atoms with Crippen LogP contribution in [0.1, 0.15) is 29.6 Å². The molecule has 1 aromatic rings. The van der Waals surface area contributed by atoms with Gasteiger partial charge in [0.25, 0.3) is 5.91 Å². The number of halogens is 2. The maximum Gasteiger partial charge on any atom is 0.387 e. The van der Waals surface area contributed by atoms with Crippen LogP contribution in [0, 0.1) is 11.8 Å². The van der Waals surface area contributed by atoms with E-state index in [-0.39, 0.29) is 23.6 Å². The van der Waals surface area contributed by atoms with E-state index in [9.17, 15) is 18.4 Å². The van der Waals surface area contributed by atoms with Crippen molar-refractivity contribution in [2.75, 3.05) is 20.6 Å². The molecule has 1 aromatic carbocycles. The van der Waals surface area contributed by atoms with Gasteiger partial charge in [-0.2, -0.15) is 8.78 Å². The number of ether oxygens (including phenoxy) is 1. The molecule has 3 rings (SSSR count). The number of likely N-dealkylation sites (tertiary alicyclic amines) is 1. The number of rotatable bonds is 4. The summed E-state index contributed by atoms with van der Waals surface area (Å²) >= 11 is 0. The van der Waals surface area contributed by atoms with Crippen molar-refractivity contribution in [3.63, 3.8) is 0 Å². The first-order valence-electron chi connectivity index (χ1n) is 8.41. The van der Waals surface area contributed by atoms with Crippen LogP contribution in [0.3, 0.4) is 0 Å². The number of alkyl halides is 2. The average molecular weight is 352 g/mol. The standard InChI is InChI=1S/C18H22F2N2O3/c1-21-10-13-8-14(7-12(13)9-16(21)23)22(2)17(24)11-3-5-15(6-4-11)25-18(19)20/h3-6,12-14,18H,7-10H2,1-2H3/t12-,13+,14-/m1/s1. The molecular formula is C18H22F2N2O3. The Morgan fingerprint density at radius 3 is 2.52 bits per heavy atom. The van der Waals surface area contributed by atoms with E-state index < -0.39 is 6.61 Å². The molecule has 25 heavy (non-hydrogen) atoms. The van der Waals surface area contributed by atoms with E-state index in [2.05, 4.69) is 4.74 Å². The average Bonchev–Trinajstić information content (AvgIpc) is 2.97. The van der Waals surface area contributed by atoms with Crippen LogP contribution in [0.2, 0.25) is 0 Å². The second kappa shape index (κ2) is 6.98. The fourth-order valence-corrected chi connectivity index (χ4v) is 3.95. The molecule has 0 spiro atoms. The number of hydrogen-bond donors (Lipinski definition) is 0. The van der Waals surface area contributed by atoms with Crippen molar-refractivity contribution in [1.29, 1.82) is 0 Å². The number of amides is 2. The van der Waals surface area contributed by atoms with E-state index in [1.54, 1.807) is 16.8 Å². The zero-order valence-corrected chi connectivity index (χ0v) is 14.3. The highest BCUT2D eigenvalue weighted by atomic mass is 19.3. The van der Waals surface area contributed by atoms with Gasteiger partial charge in [-0.05, 0) is 48.9 Å². The normalized spacial score (nSPS) is 25.9. The van der Waals surface area contributed by atoms with Gasteiger partial charge in [0.15, 0.2) is 0 Å². The van der Waals surface area contributed by atoms with Crippen LogP contribution in [-0.4, -0.2) is 54.9 Å². The fourth-order valence-electron chi connectivity index (χ4n) is 3.95. The van der Waals surface area contributed by atoms with Gasteiger partial charge in [0.2, 0.25) is 5.91 Å². The highest BCUT2D eigenvalue weighted by molar-refractivity contribution is 5.94. The van der Waals surface area contributed by atoms with E-state index >= 15 is 0 Å². The Labute approximate surface area is 145 Å². The predicted molar refractivity (Wildman–Crippen MR) is 87.4 cm³/mol. The SMILES string of the molecule is CN1C[C@@H]2C[C@H](N(C)C(=O)c3ccc(OC(F)F)cc3)C[C@@H]2CC1=O. The molecule has 1 heterocycles. The summed E-state index contributed by atoms with van der Waals surface area (Å²) in [6.45, 7) is -2.13. The fraction of sp³-hybridized carbons (Fsp3) is 0.556. The molecule has 0 N–H and O–H groups in total. The van der Waals surface area contributed by atoms with E-state index in [0.29, 0.717) is 23.8 Å². The van der Waals surface area contributed by atoms with E-state index in [4.69, 9.17) is 0 Å². The minimum Gasteiger partial charge on any atom is -0.435 e. The van der Waals surface area contributed by atoms with Gasteiger partial charge in [-0.15, -0.1) is 0 Å². The van der Waals surface area contributed by atoms with Gasteiger partial charge < -0.3 is 14.5 Å². The largest absolute Gasteiger partial charge is 0.435 e. The van der Waals surface area contributed by atoms with Crippen molar-refractivity contribution in [2.24, 2.45) is 11.8 Å². The van der Waals surface area contributed by atoms with Crippen LogP contribution in [-0.2, 0) is 4.79 Å². The second-order valence-electron chi connectivity index (χ2n) is 6.94. The number of hydrogen-bond acceptors (Lipinski definition) is 3. The number of benzene rings is 1. The van der Waals surface area contributed by atoms with E-state index in [1.165, 1.54) is 24.3 Å².